The molecule has 0 N–H and O–H groups in total. The molecule has 6 heteroatoms. The second-order valence-electron chi connectivity index (χ2n) is 5.52. The Morgan fingerprint density at radius 3 is 2.67 bits per heavy atom. The number of halogens is 1. The van der Waals surface area contributed by atoms with E-state index in [1.807, 2.05) is 29.2 Å². The van der Waals surface area contributed by atoms with Crippen LogP contribution in [0.5, 0.6) is 0 Å². The topological polar surface area (TPSA) is 20.3 Å². The number of hydrogen-bond donors (Lipinski definition) is 0. The fraction of sp³-hybridized carbons (Fsp3) is 0.333. The van der Waals surface area contributed by atoms with E-state index in [0.717, 1.165) is 25.5 Å². The van der Waals surface area contributed by atoms with E-state index in [2.05, 4.69) is 13.8 Å². The van der Waals surface area contributed by atoms with E-state index in [1.54, 1.807) is 27.6 Å². The molecule has 0 aliphatic carbocycles. The lowest BCUT2D eigenvalue weighted by molar-refractivity contribution is -0.119. The number of carbonyl (C=O) groups is 1. The third-order valence-corrected chi connectivity index (χ3v) is 7.24. The monoisotopic (exact) mass is 355 g/mol. The minimum atomic E-state index is -0.564. The molecule has 1 amide bonds. The zero-order valence-electron chi connectivity index (χ0n) is 11.8. The standard InChI is InChI=1S/C15H14ClNOS3/c1-8(16)13(18)17-10-7-5-4-6-9(10)11-12(15(17,2)3)20-21-14(11)19/h4-8H,1-3H3/t8-/m1/s1. The number of para-hydroxylation sites is 1. The third-order valence-electron chi connectivity index (χ3n) is 3.72. The molecule has 2 aromatic rings. The molecule has 0 unspecified atom stereocenters. The Bertz CT molecular complexity index is 775. The summed E-state index contributed by atoms with van der Waals surface area (Å²) in [6.45, 7) is 5.82. The van der Waals surface area contributed by atoms with Gasteiger partial charge in [-0.2, -0.15) is 0 Å². The Kier molecular flexibility index (Phi) is 3.72. The maximum Gasteiger partial charge on any atom is 0.245 e. The van der Waals surface area contributed by atoms with Gasteiger partial charge in [-0.1, -0.05) is 51.1 Å². The maximum absolute atomic E-state index is 12.7. The van der Waals surface area contributed by atoms with Crippen molar-refractivity contribution in [3.8, 4) is 11.1 Å². The van der Waals surface area contributed by atoms with Crippen molar-refractivity contribution in [2.75, 3.05) is 4.90 Å². The van der Waals surface area contributed by atoms with Gasteiger partial charge < -0.3 is 0 Å². The molecule has 1 aliphatic heterocycles. The Morgan fingerprint density at radius 2 is 2.00 bits per heavy atom. The van der Waals surface area contributed by atoms with Crippen LogP contribution in [-0.4, -0.2) is 11.3 Å². The summed E-state index contributed by atoms with van der Waals surface area (Å²) in [5.74, 6) is -0.0796. The van der Waals surface area contributed by atoms with Crippen LogP contribution in [0.3, 0.4) is 0 Å². The third kappa shape index (κ3) is 2.18. The van der Waals surface area contributed by atoms with Crippen LogP contribution in [0.25, 0.3) is 11.1 Å². The van der Waals surface area contributed by atoms with Crippen LogP contribution in [0.2, 0.25) is 0 Å². The fourth-order valence-electron chi connectivity index (χ4n) is 2.75. The molecule has 1 aromatic carbocycles. The molecule has 21 heavy (non-hydrogen) atoms. The lowest BCUT2D eigenvalue weighted by Crippen LogP contribution is -2.50. The molecule has 0 bridgehead atoms. The first-order chi connectivity index (χ1) is 9.85. The zero-order valence-corrected chi connectivity index (χ0v) is 15.1. The molecule has 1 aromatic heterocycles. The number of amides is 1. The Balaban J connectivity index is 2.35. The molecule has 0 spiro atoms. The lowest BCUT2D eigenvalue weighted by atomic mass is 9.87. The second kappa shape index (κ2) is 5.16. The number of nitrogens with zero attached hydrogens (tertiary/aromatic N) is 1. The first-order valence-electron chi connectivity index (χ1n) is 6.57. The van der Waals surface area contributed by atoms with Crippen LogP contribution >= 0.6 is 44.5 Å². The number of hydrogen-bond acceptors (Lipinski definition) is 4. The summed E-state index contributed by atoms with van der Waals surface area (Å²) >= 11 is 11.6. The minimum absolute atomic E-state index is 0.0796. The molecule has 0 fully saturated rings. The van der Waals surface area contributed by atoms with Gasteiger partial charge in [-0.05, 0) is 26.8 Å². The van der Waals surface area contributed by atoms with Crippen molar-refractivity contribution in [2.45, 2.75) is 31.7 Å². The average molecular weight is 356 g/mol. The highest BCUT2D eigenvalue weighted by Gasteiger charge is 2.43. The minimum Gasteiger partial charge on any atom is -0.300 e. The summed E-state index contributed by atoms with van der Waals surface area (Å²) in [7, 11) is 3.25. The molecule has 2 heterocycles. The van der Waals surface area contributed by atoms with Crippen LogP contribution in [0.15, 0.2) is 24.3 Å². The molecular formula is C15H14ClNOS3. The Labute approximate surface area is 141 Å². The zero-order chi connectivity index (χ0) is 15.4. The number of rotatable bonds is 1. The number of carbonyl (C=O) groups excluding carboxylic acids is 1. The van der Waals surface area contributed by atoms with Crippen molar-refractivity contribution in [2.24, 2.45) is 0 Å². The average Bonchev–Trinajstić information content (AvgIpc) is 2.81. The summed E-state index contributed by atoms with van der Waals surface area (Å²) in [5, 5.41) is -0.564. The molecule has 110 valence electrons. The van der Waals surface area contributed by atoms with Crippen LogP contribution in [0.1, 0.15) is 25.6 Å². The number of fused-ring (bicyclic) bond motifs is 3. The van der Waals surface area contributed by atoms with E-state index >= 15 is 0 Å². The number of anilines is 1. The van der Waals surface area contributed by atoms with Crippen LogP contribution in [-0.2, 0) is 10.3 Å². The Morgan fingerprint density at radius 1 is 1.33 bits per heavy atom. The van der Waals surface area contributed by atoms with Gasteiger partial charge in [0.05, 0.1) is 16.1 Å². The van der Waals surface area contributed by atoms with E-state index < -0.39 is 10.9 Å². The van der Waals surface area contributed by atoms with Gasteiger partial charge in [0, 0.05) is 11.1 Å². The highest BCUT2D eigenvalue weighted by molar-refractivity contribution is 7.80. The molecule has 0 saturated heterocycles. The predicted octanol–water partition coefficient (Wildman–Crippen LogP) is 5.42. The largest absolute Gasteiger partial charge is 0.300 e. The second-order valence-corrected chi connectivity index (χ2v) is 9.00. The summed E-state index contributed by atoms with van der Waals surface area (Å²) in [4.78, 5) is 15.6. The number of alkyl halides is 1. The molecule has 3 rings (SSSR count). The molecule has 1 atom stereocenters. The van der Waals surface area contributed by atoms with E-state index in [-0.39, 0.29) is 5.91 Å². The summed E-state index contributed by atoms with van der Waals surface area (Å²) in [6.07, 6.45) is 0. The van der Waals surface area contributed by atoms with E-state index in [1.165, 1.54) is 0 Å². The molecular weight excluding hydrogens is 342 g/mol. The maximum atomic E-state index is 12.7. The van der Waals surface area contributed by atoms with E-state index in [9.17, 15) is 4.79 Å². The van der Waals surface area contributed by atoms with Crippen molar-refractivity contribution in [3.63, 3.8) is 0 Å². The highest BCUT2D eigenvalue weighted by Crippen LogP contribution is 2.52. The smallest absolute Gasteiger partial charge is 0.245 e. The Hall–Kier alpha value is -0.750. The summed E-state index contributed by atoms with van der Waals surface area (Å²) in [5.41, 5.74) is 2.58. The van der Waals surface area contributed by atoms with Gasteiger partial charge in [-0.3, -0.25) is 9.69 Å². The summed E-state index contributed by atoms with van der Waals surface area (Å²) in [6, 6.07) is 7.91. The van der Waals surface area contributed by atoms with Gasteiger partial charge >= 0.3 is 0 Å². The first-order valence-corrected chi connectivity index (χ1v) is 9.56. The van der Waals surface area contributed by atoms with Gasteiger partial charge in [0.15, 0.2) is 0 Å². The SMILES string of the molecule is C[C@@H](Cl)C(=O)N1c2ccccc2-c2c(ssc2=S)C1(C)C. The first kappa shape index (κ1) is 15.2. The quantitative estimate of drug-likeness (QED) is 0.387. The predicted molar refractivity (Wildman–Crippen MR) is 94.3 cm³/mol. The van der Waals surface area contributed by atoms with Gasteiger partial charge in [0.25, 0.3) is 0 Å². The van der Waals surface area contributed by atoms with Crippen LogP contribution < -0.4 is 4.90 Å². The van der Waals surface area contributed by atoms with Crippen molar-refractivity contribution < 1.29 is 4.79 Å². The number of benzene rings is 1. The van der Waals surface area contributed by atoms with Crippen molar-refractivity contribution in [3.05, 3.63) is 33.0 Å². The van der Waals surface area contributed by atoms with Crippen molar-refractivity contribution in [1.29, 1.82) is 0 Å². The van der Waals surface area contributed by atoms with Crippen LogP contribution in [0.4, 0.5) is 5.69 Å². The lowest BCUT2D eigenvalue weighted by Gasteiger charge is -2.43. The van der Waals surface area contributed by atoms with Gasteiger partial charge in [0.2, 0.25) is 5.91 Å². The highest BCUT2D eigenvalue weighted by atomic mass is 35.5. The van der Waals surface area contributed by atoms with Gasteiger partial charge in [-0.15, -0.1) is 11.6 Å². The van der Waals surface area contributed by atoms with Crippen molar-refractivity contribution >= 4 is 56.1 Å². The van der Waals surface area contributed by atoms with Gasteiger partial charge in [0.1, 0.15) is 9.20 Å². The van der Waals surface area contributed by atoms with Gasteiger partial charge in [-0.25, -0.2) is 0 Å². The molecule has 1 aliphatic rings. The van der Waals surface area contributed by atoms with E-state index in [4.69, 9.17) is 23.8 Å². The molecule has 0 saturated carbocycles. The van der Waals surface area contributed by atoms with Crippen LogP contribution in [0, 0.1) is 3.82 Å². The molecule has 2 nitrogen and oxygen atoms in total. The molecule has 0 radical (unpaired) electrons. The summed E-state index contributed by atoms with van der Waals surface area (Å²) < 4.78 is 0.890. The fourth-order valence-corrected chi connectivity index (χ4v) is 6.13. The van der Waals surface area contributed by atoms with E-state index in [0.29, 0.717) is 0 Å². The normalized spacial score (nSPS) is 17.0. The van der Waals surface area contributed by atoms with Crippen molar-refractivity contribution in [1.82, 2.24) is 0 Å².